The van der Waals surface area contributed by atoms with Crippen LogP contribution in [0.15, 0.2) is 65.6 Å². The average molecular weight is 424 g/mol. The lowest BCUT2D eigenvalue weighted by Gasteiger charge is -2.22. The zero-order valence-electron chi connectivity index (χ0n) is 17.0. The highest BCUT2D eigenvalue weighted by Crippen LogP contribution is 2.37. The largest absolute Gasteiger partial charge is 0.481 e. The minimum atomic E-state index is -0.795. The Labute approximate surface area is 180 Å². The van der Waals surface area contributed by atoms with Crippen molar-refractivity contribution in [2.45, 2.75) is 49.1 Å². The summed E-state index contributed by atoms with van der Waals surface area (Å²) in [5, 5.41) is 14.2. The van der Waals surface area contributed by atoms with Crippen LogP contribution < -0.4 is 5.32 Å². The van der Waals surface area contributed by atoms with Gasteiger partial charge in [0.25, 0.3) is 0 Å². The molecule has 4 rings (SSSR count). The summed E-state index contributed by atoms with van der Waals surface area (Å²) in [6.45, 7) is 2.15. The van der Waals surface area contributed by atoms with E-state index < -0.39 is 5.97 Å². The molecule has 0 radical (unpaired) electrons. The highest BCUT2D eigenvalue weighted by atomic mass is 32.2. The maximum absolute atomic E-state index is 14.1. The quantitative estimate of drug-likeness (QED) is 0.448. The van der Waals surface area contributed by atoms with Crippen molar-refractivity contribution >= 4 is 28.5 Å². The molecule has 0 aromatic heterocycles. The van der Waals surface area contributed by atoms with Crippen LogP contribution in [0, 0.1) is 5.82 Å². The highest BCUT2D eigenvalue weighted by Gasteiger charge is 2.27. The number of fused-ring (bicyclic) bond motifs is 1. The first-order valence-electron chi connectivity index (χ1n) is 10.4. The van der Waals surface area contributed by atoms with Crippen LogP contribution in [0.2, 0.25) is 0 Å². The molecule has 1 fully saturated rings. The van der Waals surface area contributed by atoms with Crippen molar-refractivity contribution in [3.63, 3.8) is 0 Å². The van der Waals surface area contributed by atoms with Gasteiger partial charge in [-0.25, -0.2) is 4.39 Å². The van der Waals surface area contributed by atoms with Crippen molar-refractivity contribution in [2.24, 2.45) is 0 Å². The number of rotatable bonds is 7. The molecule has 5 heteroatoms. The monoisotopic (exact) mass is 423 g/mol. The molecule has 156 valence electrons. The molecule has 2 N–H and O–H groups in total. The SMILES string of the molecule is C[C@@H](NC1CC[C@@H](c2ccc(SCC(=O)O)cc2)C1)c1ccc(F)c2ccccc12. The molecule has 1 aliphatic rings. The fourth-order valence-corrected chi connectivity index (χ4v) is 5.14. The number of carboxylic acids is 1. The number of carboxylic acid groups (broad SMARTS) is 1. The van der Waals surface area contributed by atoms with Gasteiger partial charge in [0.1, 0.15) is 5.82 Å². The Balaban J connectivity index is 1.39. The van der Waals surface area contributed by atoms with Crippen LogP contribution in [0.4, 0.5) is 4.39 Å². The van der Waals surface area contributed by atoms with Gasteiger partial charge in [-0.05, 0) is 66.8 Å². The predicted molar refractivity (Wildman–Crippen MR) is 121 cm³/mol. The number of nitrogens with one attached hydrogen (secondary N) is 1. The van der Waals surface area contributed by atoms with Crippen molar-refractivity contribution in [3.8, 4) is 0 Å². The lowest BCUT2D eigenvalue weighted by atomic mass is 9.96. The smallest absolute Gasteiger partial charge is 0.313 e. The normalized spacial score (nSPS) is 19.8. The van der Waals surface area contributed by atoms with Crippen LogP contribution in [-0.2, 0) is 4.79 Å². The zero-order chi connectivity index (χ0) is 21.1. The van der Waals surface area contributed by atoms with E-state index in [1.165, 1.54) is 17.3 Å². The van der Waals surface area contributed by atoms with Gasteiger partial charge in [-0.2, -0.15) is 0 Å². The molecule has 1 aliphatic carbocycles. The molecule has 1 saturated carbocycles. The lowest BCUT2D eigenvalue weighted by Crippen LogP contribution is -2.29. The maximum atomic E-state index is 14.1. The third-order valence-corrected chi connectivity index (χ3v) is 7.00. The Morgan fingerprint density at radius 3 is 2.57 bits per heavy atom. The second kappa shape index (κ2) is 9.19. The standard InChI is InChI=1S/C25H26FNO2S/c1-16(21-12-13-24(26)23-5-3-2-4-22(21)23)27-19-9-6-18(14-19)17-7-10-20(11-8-17)30-15-25(28)29/h2-5,7-8,10-13,16,18-19,27H,6,9,14-15H2,1H3,(H,28,29)/t16-,18-,19?/m1/s1. The molecule has 0 bridgehead atoms. The first-order valence-corrected chi connectivity index (χ1v) is 11.4. The van der Waals surface area contributed by atoms with Gasteiger partial charge >= 0.3 is 5.97 Å². The third-order valence-electron chi connectivity index (χ3n) is 6.00. The van der Waals surface area contributed by atoms with E-state index in [1.807, 2.05) is 42.5 Å². The van der Waals surface area contributed by atoms with Gasteiger partial charge in [0.2, 0.25) is 0 Å². The van der Waals surface area contributed by atoms with Crippen LogP contribution in [0.5, 0.6) is 0 Å². The van der Waals surface area contributed by atoms with Gasteiger partial charge < -0.3 is 10.4 Å². The summed E-state index contributed by atoms with van der Waals surface area (Å²) in [4.78, 5) is 11.7. The zero-order valence-corrected chi connectivity index (χ0v) is 17.8. The molecule has 0 saturated heterocycles. The van der Waals surface area contributed by atoms with E-state index in [4.69, 9.17) is 5.11 Å². The molecule has 3 aromatic rings. The number of hydrogen-bond donors (Lipinski definition) is 2. The lowest BCUT2D eigenvalue weighted by molar-refractivity contribution is -0.133. The van der Waals surface area contributed by atoms with Crippen molar-refractivity contribution in [3.05, 3.63) is 77.6 Å². The summed E-state index contributed by atoms with van der Waals surface area (Å²) in [5.74, 6) is -0.368. The number of halogens is 1. The van der Waals surface area contributed by atoms with Gasteiger partial charge in [-0.15, -0.1) is 11.8 Å². The molecule has 0 heterocycles. The number of thioether (sulfide) groups is 1. The van der Waals surface area contributed by atoms with Gasteiger partial charge in [0.05, 0.1) is 5.75 Å². The van der Waals surface area contributed by atoms with Crippen LogP contribution in [0.3, 0.4) is 0 Å². The Hall–Kier alpha value is -2.37. The molecular weight excluding hydrogens is 397 g/mol. The first kappa shape index (κ1) is 20.9. The number of hydrogen-bond acceptors (Lipinski definition) is 3. The third kappa shape index (κ3) is 4.68. The summed E-state index contributed by atoms with van der Waals surface area (Å²) in [6.07, 6.45) is 3.32. The van der Waals surface area contributed by atoms with Gasteiger partial charge in [-0.1, -0.05) is 42.5 Å². The van der Waals surface area contributed by atoms with E-state index in [1.54, 1.807) is 6.07 Å². The Kier molecular flexibility index (Phi) is 6.40. The maximum Gasteiger partial charge on any atom is 0.313 e. The Morgan fingerprint density at radius 1 is 1.10 bits per heavy atom. The van der Waals surface area contributed by atoms with Gasteiger partial charge in [0.15, 0.2) is 0 Å². The summed E-state index contributed by atoms with van der Waals surface area (Å²) in [5.41, 5.74) is 2.45. The predicted octanol–water partition coefficient (Wildman–Crippen LogP) is 6.14. The molecule has 30 heavy (non-hydrogen) atoms. The minimum Gasteiger partial charge on any atom is -0.481 e. The van der Waals surface area contributed by atoms with Crippen LogP contribution in [0.1, 0.15) is 49.3 Å². The second-order valence-electron chi connectivity index (χ2n) is 8.03. The van der Waals surface area contributed by atoms with Crippen LogP contribution >= 0.6 is 11.8 Å². The second-order valence-corrected chi connectivity index (χ2v) is 9.08. The van der Waals surface area contributed by atoms with Crippen LogP contribution in [0.25, 0.3) is 10.8 Å². The van der Waals surface area contributed by atoms with E-state index in [2.05, 4.69) is 24.4 Å². The number of aliphatic carboxylic acids is 1. The molecular formula is C25H26FNO2S. The van der Waals surface area contributed by atoms with E-state index >= 15 is 0 Å². The summed E-state index contributed by atoms with van der Waals surface area (Å²) in [7, 11) is 0. The Morgan fingerprint density at radius 2 is 1.83 bits per heavy atom. The average Bonchev–Trinajstić information content (AvgIpc) is 3.21. The first-order chi connectivity index (χ1) is 14.5. The molecule has 1 unspecified atom stereocenters. The van der Waals surface area contributed by atoms with Crippen molar-refractivity contribution in [1.82, 2.24) is 5.32 Å². The van der Waals surface area contributed by atoms with Crippen LogP contribution in [-0.4, -0.2) is 22.9 Å². The molecule has 3 nitrogen and oxygen atoms in total. The molecule has 0 aliphatic heterocycles. The topological polar surface area (TPSA) is 49.3 Å². The van der Waals surface area contributed by atoms with E-state index in [-0.39, 0.29) is 17.6 Å². The highest BCUT2D eigenvalue weighted by molar-refractivity contribution is 8.00. The summed E-state index contributed by atoms with van der Waals surface area (Å²) in [6, 6.07) is 20.0. The van der Waals surface area contributed by atoms with Gasteiger partial charge in [-0.3, -0.25) is 4.79 Å². The fraction of sp³-hybridized carbons (Fsp3) is 0.320. The van der Waals surface area contributed by atoms with Crippen molar-refractivity contribution < 1.29 is 14.3 Å². The van der Waals surface area contributed by atoms with Crippen molar-refractivity contribution in [2.75, 3.05) is 5.75 Å². The van der Waals surface area contributed by atoms with E-state index in [9.17, 15) is 9.18 Å². The molecule has 0 spiro atoms. The number of benzene rings is 3. The molecule has 3 atom stereocenters. The Bertz CT molecular complexity index is 1040. The van der Waals surface area contributed by atoms with E-state index in [0.29, 0.717) is 17.3 Å². The molecule has 0 amide bonds. The number of carbonyl (C=O) groups is 1. The molecule has 3 aromatic carbocycles. The summed E-state index contributed by atoms with van der Waals surface area (Å²) < 4.78 is 14.1. The van der Waals surface area contributed by atoms with E-state index in [0.717, 1.165) is 35.1 Å². The summed E-state index contributed by atoms with van der Waals surface area (Å²) >= 11 is 1.35. The fourth-order valence-electron chi connectivity index (χ4n) is 4.52. The van der Waals surface area contributed by atoms with Gasteiger partial charge in [0, 0.05) is 22.4 Å². The van der Waals surface area contributed by atoms with Crippen molar-refractivity contribution in [1.29, 1.82) is 0 Å². The minimum absolute atomic E-state index is 0.0880.